The Labute approximate surface area is 131 Å². The SMILES string of the molecule is COc1cc(OC)cc(C(=O)n2c(=O)oc3ccc(C)cc32)c1. The van der Waals surface area contributed by atoms with Gasteiger partial charge >= 0.3 is 5.76 Å². The van der Waals surface area contributed by atoms with Crippen LogP contribution in [0, 0.1) is 6.92 Å². The third-order valence-corrected chi connectivity index (χ3v) is 3.54. The predicted molar refractivity (Wildman–Crippen MR) is 84.5 cm³/mol. The predicted octanol–water partition coefficient (Wildman–Crippen LogP) is 2.61. The molecule has 0 radical (unpaired) electrons. The summed E-state index contributed by atoms with van der Waals surface area (Å²) < 4.78 is 16.5. The number of hydrogen-bond donors (Lipinski definition) is 0. The first-order chi connectivity index (χ1) is 11.0. The summed E-state index contributed by atoms with van der Waals surface area (Å²) in [6.07, 6.45) is 0. The quantitative estimate of drug-likeness (QED) is 0.743. The Morgan fingerprint density at radius 1 is 1.04 bits per heavy atom. The third kappa shape index (κ3) is 2.59. The molecule has 0 saturated carbocycles. The molecular weight excluding hydrogens is 298 g/mol. The molecule has 6 heteroatoms. The summed E-state index contributed by atoms with van der Waals surface area (Å²) in [7, 11) is 2.98. The van der Waals surface area contributed by atoms with Crippen molar-refractivity contribution in [2.75, 3.05) is 14.2 Å². The second-order valence-electron chi connectivity index (χ2n) is 5.08. The fourth-order valence-corrected chi connectivity index (χ4v) is 2.38. The van der Waals surface area contributed by atoms with Crippen LogP contribution in [-0.2, 0) is 0 Å². The van der Waals surface area contributed by atoms with Crippen LogP contribution in [0.2, 0.25) is 0 Å². The van der Waals surface area contributed by atoms with Crippen molar-refractivity contribution in [3.05, 3.63) is 58.1 Å². The molecule has 1 heterocycles. The highest BCUT2D eigenvalue weighted by atomic mass is 16.5. The highest BCUT2D eigenvalue weighted by Crippen LogP contribution is 2.24. The average Bonchev–Trinajstić information content (AvgIpc) is 2.88. The van der Waals surface area contributed by atoms with E-state index in [1.54, 1.807) is 30.3 Å². The molecule has 0 aliphatic rings. The van der Waals surface area contributed by atoms with Gasteiger partial charge in [0.2, 0.25) is 0 Å². The van der Waals surface area contributed by atoms with Crippen LogP contribution in [0.3, 0.4) is 0 Å². The zero-order valence-electron chi connectivity index (χ0n) is 13.0. The summed E-state index contributed by atoms with van der Waals surface area (Å²) in [4.78, 5) is 24.9. The number of ether oxygens (including phenoxy) is 2. The minimum absolute atomic E-state index is 0.271. The molecule has 6 nitrogen and oxygen atoms in total. The molecule has 3 aromatic rings. The van der Waals surface area contributed by atoms with E-state index in [1.807, 2.05) is 13.0 Å². The number of benzene rings is 2. The van der Waals surface area contributed by atoms with Gasteiger partial charge in [0.15, 0.2) is 5.58 Å². The van der Waals surface area contributed by atoms with E-state index in [0.717, 1.165) is 10.1 Å². The Kier molecular flexibility index (Phi) is 3.65. The number of oxazole rings is 1. The zero-order chi connectivity index (χ0) is 16.6. The Morgan fingerprint density at radius 2 is 1.70 bits per heavy atom. The van der Waals surface area contributed by atoms with Gasteiger partial charge in [-0.1, -0.05) is 6.07 Å². The van der Waals surface area contributed by atoms with Gasteiger partial charge in [-0.05, 0) is 36.8 Å². The molecule has 0 aliphatic heterocycles. The molecule has 0 fully saturated rings. The number of aryl methyl sites for hydroxylation is 1. The summed E-state index contributed by atoms with van der Waals surface area (Å²) in [6, 6.07) is 9.96. The highest BCUT2D eigenvalue weighted by molar-refractivity contribution is 6.01. The van der Waals surface area contributed by atoms with E-state index >= 15 is 0 Å². The molecule has 0 aliphatic carbocycles. The van der Waals surface area contributed by atoms with E-state index < -0.39 is 11.7 Å². The topological polar surface area (TPSA) is 70.7 Å². The summed E-state index contributed by atoms with van der Waals surface area (Å²) in [6.45, 7) is 1.88. The second kappa shape index (κ2) is 5.64. The van der Waals surface area contributed by atoms with Crippen LogP contribution >= 0.6 is 0 Å². The summed E-state index contributed by atoms with van der Waals surface area (Å²) in [5.41, 5.74) is 1.99. The van der Waals surface area contributed by atoms with Crippen molar-refractivity contribution in [3.63, 3.8) is 0 Å². The Morgan fingerprint density at radius 3 is 2.30 bits per heavy atom. The van der Waals surface area contributed by atoms with Gasteiger partial charge < -0.3 is 13.9 Å². The maximum absolute atomic E-state index is 12.8. The normalized spacial score (nSPS) is 10.7. The smallest absolute Gasteiger partial charge is 0.427 e. The van der Waals surface area contributed by atoms with Crippen LogP contribution in [0.1, 0.15) is 15.9 Å². The average molecular weight is 313 g/mol. The van der Waals surface area contributed by atoms with Gasteiger partial charge in [0.05, 0.1) is 19.7 Å². The Hall–Kier alpha value is -3.02. The van der Waals surface area contributed by atoms with Crippen LogP contribution in [0.25, 0.3) is 11.1 Å². The van der Waals surface area contributed by atoms with Gasteiger partial charge in [0.25, 0.3) is 5.91 Å². The van der Waals surface area contributed by atoms with Crippen LogP contribution in [-0.4, -0.2) is 24.7 Å². The fraction of sp³-hybridized carbons (Fsp3) is 0.176. The van der Waals surface area contributed by atoms with Crippen LogP contribution in [0.4, 0.5) is 0 Å². The first-order valence-electron chi connectivity index (χ1n) is 6.93. The van der Waals surface area contributed by atoms with E-state index in [-0.39, 0.29) is 5.56 Å². The number of methoxy groups -OCH3 is 2. The number of hydrogen-bond acceptors (Lipinski definition) is 5. The van der Waals surface area contributed by atoms with Gasteiger partial charge in [-0.2, -0.15) is 0 Å². The lowest BCUT2D eigenvalue weighted by atomic mass is 10.1. The first kappa shape index (κ1) is 14.9. The van der Waals surface area contributed by atoms with Crippen molar-refractivity contribution < 1.29 is 18.7 Å². The number of nitrogens with zero attached hydrogens (tertiary/aromatic N) is 1. The zero-order valence-corrected chi connectivity index (χ0v) is 13.0. The van der Waals surface area contributed by atoms with Gasteiger partial charge in [0, 0.05) is 11.6 Å². The Bertz CT molecular complexity index is 929. The van der Waals surface area contributed by atoms with E-state index in [0.29, 0.717) is 22.6 Å². The van der Waals surface area contributed by atoms with E-state index in [4.69, 9.17) is 13.9 Å². The molecule has 0 N–H and O–H groups in total. The van der Waals surface area contributed by atoms with Crippen molar-refractivity contribution in [2.24, 2.45) is 0 Å². The maximum Gasteiger partial charge on any atom is 0.427 e. The van der Waals surface area contributed by atoms with Crippen LogP contribution in [0.15, 0.2) is 45.6 Å². The van der Waals surface area contributed by atoms with E-state index in [9.17, 15) is 9.59 Å². The number of fused-ring (bicyclic) bond motifs is 1. The van der Waals surface area contributed by atoms with Crippen molar-refractivity contribution in [3.8, 4) is 11.5 Å². The molecule has 0 saturated heterocycles. The van der Waals surface area contributed by atoms with Crippen molar-refractivity contribution in [2.45, 2.75) is 6.92 Å². The minimum atomic E-state index is -0.725. The molecule has 0 amide bonds. The fourth-order valence-electron chi connectivity index (χ4n) is 2.38. The first-order valence-corrected chi connectivity index (χ1v) is 6.93. The molecule has 0 unspecified atom stereocenters. The monoisotopic (exact) mass is 313 g/mol. The summed E-state index contributed by atoms with van der Waals surface area (Å²) >= 11 is 0. The standard InChI is InChI=1S/C17H15NO5/c1-10-4-5-15-14(6-10)18(17(20)23-15)16(19)11-7-12(21-2)9-13(8-11)22-3/h4-9H,1-3H3. The molecule has 3 rings (SSSR count). The number of aromatic nitrogens is 1. The highest BCUT2D eigenvalue weighted by Gasteiger charge is 2.19. The number of carbonyl (C=O) groups excluding carboxylic acids is 1. The van der Waals surface area contributed by atoms with E-state index in [1.165, 1.54) is 14.2 Å². The molecule has 118 valence electrons. The largest absolute Gasteiger partial charge is 0.497 e. The summed E-state index contributed by atoms with van der Waals surface area (Å²) in [5.74, 6) is -0.302. The van der Waals surface area contributed by atoms with Gasteiger partial charge in [0.1, 0.15) is 11.5 Å². The van der Waals surface area contributed by atoms with Crippen LogP contribution < -0.4 is 15.2 Å². The minimum Gasteiger partial charge on any atom is -0.497 e. The Balaban J connectivity index is 2.19. The molecule has 23 heavy (non-hydrogen) atoms. The van der Waals surface area contributed by atoms with E-state index in [2.05, 4.69) is 0 Å². The summed E-state index contributed by atoms with van der Waals surface area (Å²) in [5, 5.41) is 0. The maximum atomic E-state index is 12.8. The van der Waals surface area contributed by atoms with Crippen molar-refractivity contribution >= 4 is 17.0 Å². The number of rotatable bonds is 3. The number of carbonyl (C=O) groups is 1. The molecule has 2 aromatic carbocycles. The van der Waals surface area contributed by atoms with Crippen LogP contribution in [0.5, 0.6) is 11.5 Å². The van der Waals surface area contributed by atoms with Gasteiger partial charge in [-0.3, -0.25) is 4.79 Å². The van der Waals surface area contributed by atoms with Gasteiger partial charge in [-0.15, -0.1) is 0 Å². The second-order valence-corrected chi connectivity index (χ2v) is 5.08. The lowest BCUT2D eigenvalue weighted by molar-refractivity contribution is 0.0956. The lowest BCUT2D eigenvalue weighted by Gasteiger charge is -2.08. The molecule has 0 bridgehead atoms. The lowest BCUT2D eigenvalue weighted by Crippen LogP contribution is -2.23. The molecule has 0 atom stereocenters. The third-order valence-electron chi connectivity index (χ3n) is 3.54. The van der Waals surface area contributed by atoms with Crippen molar-refractivity contribution in [1.29, 1.82) is 0 Å². The van der Waals surface area contributed by atoms with Crippen molar-refractivity contribution in [1.82, 2.24) is 4.57 Å². The molecule has 1 aromatic heterocycles. The van der Waals surface area contributed by atoms with Gasteiger partial charge in [-0.25, -0.2) is 9.36 Å². The molecular formula is C17H15NO5. The molecule has 0 spiro atoms.